The maximum Gasteiger partial charge on any atom is 0.123 e. The van der Waals surface area contributed by atoms with E-state index >= 15 is 0 Å². The van der Waals surface area contributed by atoms with Gasteiger partial charge in [0, 0.05) is 5.92 Å². The van der Waals surface area contributed by atoms with Gasteiger partial charge in [0.15, 0.2) is 0 Å². The SMILES string of the molecule is CC(Cc1ccc(F)cc1)N=C(N)C1CCCCC1. The number of halogens is 1. The maximum absolute atomic E-state index is 12.8. The van der Waals surface area contributed by atoms with Crippen molar-refractivity contribution in [1.82, 2.24) is 0 Å². The molecule has 0 saturated heterocycles. The highest BCUT2D eigenvalue weighted by Crippen LogP contribution is 2.24. The molecule has 1 aromatic carbocycles. The van der Waals surface area contributed by atoms with Crippen LogP contribution in [0.2, 0.25) is 0 Å². The summed E-state index contributed by atoms with van der Waals surface area (Å²) >= 11 is 0. The van der Waals surface area contributed by atoms with Gasteiger partial charge in [0.1, 0.15) is 5.82 Å². The molecule has 104 valence electrons. The average Bonchev–Trinajstić information content (AvgIpc) is 2.42. The Morgan fingerprint density at radius 3 is 2.53 bits per heavy atom. The quantitative estimate of drug-likeness (QED) is 0.652. The van der Waals surface area contributed by atoms with Crippen molar-refractivity contribution in [2.45, 2.75) is 51.5 Å². The topological polar surface area (TPSA) is 38.4 Å². The summed E-state index contributed by atoms with van der Waals surface area (Å²) in [7, 11) is 0. The third-order valence-electron chi connectivity index (χ3n) is 3.84. The molecule has 19 heavy (non-hydrogen) atoms. The Morgan fingerprint density at radius 1 is 1.26 bits per heavy atom. The molecule has 1 aliphatic rings. The highest BCUT2D eigenvalue weighted by Gasteiger charge is 2.17. The van der Waals surface area contributed by atoms with E-state index in [0.29, 0.717) is 5.92 Å². The third kappa shape index (κ3) is 4.34. The number of nitrogens with zero attached hydrogens (tertiary/aromatic N) is 1. The number of aliphatic imine (C=N–C) groups is 1. The molecular formula is C16H23FN2. The molecule has 0 radical (unpaired) electrons. The van der Waals surface area contributed by atoms with Gasteiger partial charge >= 0.3 is 0 Å². The fourth-order valence-electron chi connectivity index (χ4n) is 2.77. The Bertz CT molecular complexity index is 419. The van der Waals surface area contributed by atoms with Gasteiger partial charge < -0.3 is 5.73 Å². The molecule has 1 aromatic rings. The van der Waals surface area contributed by atoms with Gasteiger partial charge in [-0.2, -0.15) is 0 Å². The van der Waals surface area contributed by atoms with Crippen molar-refractivity contribution in [3.63, 3.8) is 0 Å². The molecular weight excluding hydrogens is 239 g/mol. The van der Waals surface area contributed by atoms with E-state index in [1.807, 2.05) is 12.1 Å². The van der Waals surface area contributed by atoms with Crippen LogP contribution < -0.4 is 5.73 Å². The second kappa shape index (κ2) is 6.69. The zero-order chi connectivity index (χ0) is 13.7. The van der Waals surface area contributed by atoms with Crippen LogP contribution in [0.15, 0.2) is 29.3 Å². The van der Waals surface area contributed by atoms with Crippen LogP contribution in [-0.2, 0) is 6.42 Å². The van der Waals surface area contributed by atoms with Gasteiger partial charge in [0.2, 0.25) is 0 Å². The molecule has 1 atom stereocenters. The molecule has 0 aromatic heterocycles. The first-order valence-corrected chi connectivity index (χ1v) is 7.23. The number of hydrogen-bond donors (Lipinski definition) is 1. The van der Waals surface area contributed by atoms with Gasteiger partial charge in [-0.05, 0) is 43.9 Å². The Morgan fingerprint density at radius 2 is 1.89 bits per heavy atom. The Balaban J connectivity index is 1.91. The van der Waals surface area contributed by atoms with Crippen LogP contribution in [0, 0.1) is 11.7 Å². The summed E-state index contributed by atoms with van der Waals surface area (Å²) in [4.78, 5) is 4.62. The number of rotatable bonds is 4. The van der Waals surface area contributed by atoms with Crippen LogP contribution in [0.3, 0.4) is 0 Å². The zero-order valence-electron chi connectivity index (χ0n) is 11.6. The van der Waals surface area contributed by atoms with E-state index in [1.165, 1.54) is 44.2 Å². The second-order valence-electron chi connectivity index (χ2n) is 5.57. The van der Waals surface area contributed by atoms with Crippen LogP contribution in [0.4, 0.5) is 4.39 Å². The molecule has 0 amide bonds. The summed E-state index contributed by atoms with van der Waals surface area (Å²) in [5.41, 5.74) is 7.22. The van der Waals surface area contributed by atoms with Crippen LogP contribution in [0.25, 0.3) is 0 Å². The summed E-state index contributed by atoms with van der Waals surface area (Å²) in [5.74, 6) is 1.10. The Hall–Kier alpha value is -1.38. The Labute approximate surface area is 114 Å². The van der Waals surface area contributed by atoms with Crippen LogP contribution >= 0.6 is 0 Å². The van der Waals surface area contributed by atoms with E-state index in [-0.39, 0.29) is 11.9 Å². The standard InChI is InChI=1S/C16H23FN2/c1-12(11-13-7-9-15(17)10-8-13)19-16(18)14-5-3-2-4-6-14/h7-10,12,14H,2-6,11H2,1H3,(H2,18,19). The van der Waals surface area contributed by atoms with Gasteiger partial charge in [-0.3, -0.25) is 4.99 Å². The third-order valence-corrected chi connectivity index (χ3v) is 3.84. The lowest BCUT2D eigenvalue weighted by Gasteiger charge is -2.22. The van der Waals surface area contributed by atoms with Gasteiger partial charge in [0.05, 0.1) is 11.9 Å². The fraction of sp³-hybridized carbons (Fsp3) is 0.562. The zero-order valence-corrected chi connectivity index (χ0v) is 11.6. The second-order valence-corrected chi connectivity index (χ2v) is 5.57. The van der Waals surface area contributed by atoms with Crippen LogP contribution in [0.1, 0.15) is 44.6 Å². The lowest BCUT2D eigenvalue weighted by Crippen LogP contribution is -2.27. The Kier molecular flexibility index (Phi) is 4.94. The molecule has 1 unspecified atom stereocenters. The number of benzene rings is 1. The molecule has 3 heteroatoms. The first kappa shape index (κ1) is 14.0. The average molecular weight is 262 g/mol. The van der Waals surface area contributed by atoms with Crippen molar-refractivity contribution in [2.24, 2.45) is 16.6 Å². The normalized spacial score (nSPS) is 19.4. The summed E-state index contributed by atoms with van der Waals surface area (Å²) in [6.45, 7) is 2.07. The van der Waals surface area contributed by atoms with Crippen molar-refractivity contribution in [3.8, 4) is 0 Å². The lowest BCUT2D eigenvalue weighted by molar-refractivity contribution is 0.435. The fourth-order valence-corrected chi connectivity index (χ4v) is 2.77. The molecule has 1 saturated carbocycles. The summed E-state index contributed by atoms with van der Waals surface area (Å²) in [6, 6.07) is 6.79. The van der Waals surface area contributed by atoms with Gasteiger partial charge in [-0.15, -0.1) is 0 Å². The van der Waals surface area contributed by atoms with E-state index in [1.54, 1.807) is 0 Å². The monoisotopic (exact) mass is 262 g/mol. The number of amidine groups is 1. The molecule has 2 nitrogen and oxygen atoms in total. The van der Waals surface area contributed by atoms with E-state index in [4.69, 9.17) is 5.73 Å². The molecule has 2 rings (SSSR count). The minimum Gasteiger partial charge on any atom is -0.387 e. The summed E-state index contributed by atoms with van der Waals surface area (Å²) in [5, 5.41) is 0. The highest BCUT2D eigenvalue weighted by atomic mass is 19.1. The van der Waals surface area contributed by atoms with Crippen molar-refractivity contribution >= 4 is 5.84 Å². The van der Waals surface area contributed by atoms with Gasteiger partial charge in [-0.1, -0.05) is 31.4 Å². The molecule has 2 N–H and O–H groups in total. The maximum atomic E-state index is 12.8. The van der Waals surface area contributed by atoms with E-state index < -0.39 is 0 Å². The van der Waals surface area contributed by atoms with Crippen LogP contribution in [-0.4, -0.2) is 11.9 Å². The van der Waals surface area contributed by atoms with Crippen molar-refractivity contribution < 1.29 is 4.39 Å². The van der Waals surface area contributed by atoms with E-state index in [2.05, 4.69) is 11.9 Å². The largest absolute Gasteiger partial charge is 0.387 e. The number of hydrogen-bond acceptors (Lipinski definition) is 1. The van der Waals surface area contributed by atoms with Gasteiger partial charge in [-0.25, -0.2) is 4.39 Å². The molecule has 0 spiro atoms. The summed E-state index contributed by atoms with van der Waals surface area (Å²) < 4.78 is 12.8. The molecule has 0 bridgehead atoms. The molecule has 1 fully saturated rings. The smallest absolute Gasteiger partial charge is 0.123 e. The number of nitrogens with two attached hydrogens (primary N) is 1. The predicted molar refractivity (Wildman–Crippen MR) is 77.8 cm³/mol. The summed E-state index contributed by atoms with van der Waals surface area (Å²) in [6.07, 6.45) is 7.04. The van der Waals surface area contributed by atoms with Crippen molar-refractivity contribution in [3.05, 3.63) is 35.6 Å². The first-order valence-electron chi connectivity index (χ1n) is 7.23. The minimum atomic E-state index is -0.193. The molecule has 1 aliphatic carbocycles. The van der Waals surface area contributed by atoms with Crippen molar-refractivity contribution in [2.75, 3.05) is 0 Å². The van der Waals surface area contributed by atoms with Crippen molar-refractivity contribution in [1.29, 1.82) is 0 Å². The van der Waals surface area contributed by atoms with Gasteiger partial charge in [0.25, 0.3) is 0 Å². The lowest BCUT2D eigenvalue weighted by atomic mass is 9.88. The first-order chi connectivity index (χ1) is 9.15. The minimum absolute atomic E-state index is 0.160. The van der Waals surface area contributed by atoms with E-state index in [0.717, 1.165) is 17.8 Å². The predicted octanol–water partition coefficient (Wildman–Crippen LogP) is 3.69. The van der Waals surface area contributed by atoms with Crippen LogP contribution in [0.5, 0.6) is 0 Å². The molecule has 0 heterocycles. The van der Waals surface area contributed by atoms with E-state index in [9.17, 15) is 4.39 Å². The molecule has 0 aliphatic heterocycles. The highest BCUT2D eigenvalue weighted by molar-refractivity contribution is 5.83.